The maximum absolute atomic E-state index is 2.48. The van der Waals surface area contributed by atoms with E-state index in [4.69, 9.17) is 0 Å². The van der Waals surface area contributed by atoms with Crippen LogP contribution < -0.4 is 0 Å². The first-order valence-electron chi connectivity index (χ1n) is 10.4. The summed E-state index contributed by atoms with van der Waals surface area (Å²) in [6.45, 7) is 7.11. The summed E-state index contributed by atoms with van der Waals surface area (Å²) in [6, 6.07) is 30.4. The zero-order valence-corrected chi connectivity index (χ0v) is 26.4. The van der Waals surface area contributed by atoms with Gasteiger partial charge in [0.05, 0.1) is 0 Å². The van der Waals surface area contributed by atoms with E-state index >= 15 is 0 Å². The Morgan fingerprint density at radius 3 is 1.91 bits per heavy atom. The summed E-state index contributed by atoms with van der Waals surface area (Å²) < 4.78 is 0. The van der Waals surface area contributed by atoms with E-state index in [0.717, 1.165) is 6.42 Å². The molecule has 188 valence electrons. The van der Waals surface area contributed by atoms with Crippen molar-refractivity contribution in [3.05, 3.63) is 144 Å². The predicted octanol–water partition coefficient (Wildman–Crippen LogP) is 9.68. The minimum Gasteiger partial charge on any atom is -0.358 e. The first-order chi connectivity index (χ1) is 13.5. The average molecular weight is 620 g/mol. The minimum absolute atomic E-state index is 0. The Labute approximate surface area is 231 Å². The van der Waals surface area contributed by atoms with Crippen molar-refractivity contribution >= 4 is 10.8 Å². The number of rotatable bonds is 3. The molecule has 0 amide bonds. The summed E-state index contributed by atoms with van der Waals surface area (Å²) in [4.78, 5) is 0. The summed E-state index contributed by atoms with van der Waals surface area (Å²) in [5, 5.41) is 2.90. The van der Waals surface area contributed by atoms with Gasteiger partial charge >= 0.3 is 0 Å². The number of fused-ring (bicyclic) bond motifs is 2. The van der Waals surface area contributed by atoms with Crippen LogP contribution in [0, 0.1) is 42.5 Å². The van der Waals surface area contributed by atoms with Gasteiger partial charge in [-0.1, -0.05) is 68.7 Å². The van der Waals surface area contributed by atoms with E-state index in [0.29, 0.717) is 11.3 Å². The molecule has 0 aliphatic heterocycles. The number of benzene rings is 2. The fourth-order valence-electron chi connectivity index (χ4n) is 4.56. The molecule has 0 saturated heterocycles. The van der Waals surface area contributed by atoms with Gasteiger partial charge < -0.3 is 37.1 Å². The molecule has 0 saturated carbocycles. The summed E-state index contributed by atoms with van der Waals surface area (Å²) >= 11 is 0. The normalized spacial score (nSPS) is 12.9. The number of hydrogen-bond donors (Lipinski definition) is 0. The largest absolute Gasteiger partial charge is 0.358 e. The molecule has 0 bridgehead atoms. The van der Waals surface area contributed by atoms with Crippen molar-refractivity contribution < 1.29 is 25.8 Å². The van der Waals surface area contributed by atoms with Crippen molar-refractivity contribution in [2.24, 2.45) is 5.41 Å². The molecule has 0 nitrogen and oxygen atoms in total. The van der Waals surface area contributed by atoms with E-state index in [-0.39, 0.29) is 63.0 Å². The summed E-state index contributed by atoms with van der Waals surface area (Å²) in [5.41, 5.74) is 6.50. The second kappa shape index (κ2) is 16.0. The molecule has 0 aromatic heterocycles. The van der Waals surface area contributed by atoms with Crippen molar-refractivity contribution in [1.82, 2.24) is 0 Å². The zero-order valence-electron chi connectivity index (χ0n) is 22.8. The van der Waals surface area contributed by atoms with Gasteiger partial charge in [0.15, 0.2) is 0 Å². The molecule has 0 heterocycles. The van der Waals surface area contributed by atoms with Crippen molar-refractivity contribution in [3.8, 4) is 0 Å². The topological polar surface area (TPSA) is 0 Å². The molecule has 1 aliphatic rings. The summed E-state index contributed by atoms with van der Waals surface area (Å²) in [7, 11) is 0. The molecule has 0 spiro atoms. The molecule has 0 radical (unpaired) electrons. The van der Waals surface area contributed by atoms with Crippen LogP contribution in [0.1, 0.15) is 48.9 Å². The Bertz CT molecular complexity index is 1000. The third kappa shape index (κ3) is 8.81. The van der Waals surface area contributed by atoms with E-state index in [1.165, 1.54) is 34.7 Å². The van der Waals surface area contributed by atoms with Crippen LogP contribution in [0.2, 0.25) is 0 Å². The van der Waals surface area contributed by atoms with Gasteiger partial charge in [0.25, 0.3) is 0 Å². The molecular weight excluding hydrogens is 575 g/mol. The fourth-order valence-corrected chi connectivity index (χ4v) is 4.56. The van der Waals surface area contributed by atoms with E-state index in [1.807, 2.05) is 30.3 Å². The van der Waals surface area contributed by atoms with Crippen LogP contribution in [-0.4, -0.2) is 0 Å². The van der Waals surface area contributed by atoms with Gasteiger partial charge in [-0.15, -0.1) is 34.5 Å². The van der Waals surface area contributed by atoms with Crippen LogP contribution in [-0.2, 0) is 45.1 Å². The third-order valence-electron chi connectivity index (χ3n) is 5.97. The predicted molar refractivity (Wildman–Crippen MR) is 153 cm³/mol. The van der Waals surface area contributed by atoms with Gasteiger partial charge in [-0.3, -0.25) is 0 Å². The first-order valence-corrected chi connectivity index (χ1v) is 10.4. The molecular formula is C33H45Hf-7. The van der Waals surface area contributed by atoms with Gasteiger partial charge in [-0.2, -0.15) is 24.3 Å². The smallest absolute Gasteiger partial charge is 0 e. The molecule has 1 heteroatoms. The molecule has 4 aromatic rings. The van der Waals surface area contributed by atoms with Crippen LogP contribution >= 0.6 is 0 Å². The maximum Gasteiger partial charge on any atom is 0 e. The first kappa shape index (κ1) is 36.8. The second-order valence-electron chi connectivity index (χ2n) is 9.06. The Hall–Kier alpha value is -1.73. The van der Waals surface area contributed by atoms with Crippen molar-refractivity contribution in [2.75, 3.05) is 0 Å². The molecule has 0 fully saturated rings. The zero-order chi connectivity index (χ0) is 19.6. The molecule has 4 aromatic carbocycles. The molecule has 5 rings (SSSR count). The van der Waals surface area contributed by atoms with Crippen molar-refractivity contribution in [3.63, 3.8) is 0 Å². The van der Waals surface area contributed by atoms with E-state index in [9.17, 15) is 0 Å². The molecule has 1 atom stereocenters. The van der Waals surface area contributed by atoms with Gasteiger partial charge in [-0.25, -0.2) is 12.1 Å². The van der Waals surface area contributed by atoms with Crippen LogP contribution in [0.5, 0.6) is 0 Å². The Kier molecular flexibility index (Phi) is 17.4. The van der Waals surface area contributed by atoms with Gasteiger partial charge in [0.1, 0.15) is 0 Å². The Morgan fingerprint density at radius 1 is 0.824 bits per heavy atom. The minimum atomic E-state index is 0. The van der Waals surface area contributed by atoms with E-state index in [1.54, 1.807) is 11.1 Å². The fraction of sp³-hybridized carbons (Fsp3) is 0.242. The van der Waals surface area contributed by atoms with Gasteiger partial charge in [0, 0.05) is 25.8 Å². The van der Waals surface area contributed by atoms with Crippen LogP contribution in [0.25, 0.3) is 10.8 Å². The standard InChI is InChI=1S/C23H25.C5H5.5CH3.Hf/c1-16(17-7-5-4-6-8-17)11-18-9-10-19-12-20-14-23(2,3)15-21(20)13-22(18)19;1-2-4-5-3-1;;;;;;/h4-10,12-13,16H,11,14-15H2,1-3H3;1-5H;5*1H3;/q7*-1;. The molecule has 1 unspecified atom stereocenters. The third-order valence-corrected chi connectivity index (χ3v) is 5.97. The van der Waals surface area contributed by atoms with Crippen molar-refractivity contribution in [1.29, 1.82) is 0 Å². The van der Waals surface area contributed by atoms with Gasteiger partial charge in [0.2, 0.25) is 0 Å². The molecule has 34 heavy (non-hydrogen) atoms. The second-order valence-corrected chi connectivity index (χ2v) is 9.06. The van der Waals surface area contributed by atoms with Crippen LogP contribution in [0.15, 0.2) is 84.9 Å². The van der Waals surface area contributed by atoms with E-state index < -0.39 is 0 Å². The molecule has 1 aliphatic carbocycles. The van der Waals surface area contributed by atoms with Gasteiger partial charge in [-0.05, 0) is 29.7 Å². The SMILES string of the molecule is CC(C[c-]1ccc2cc3c(cc21)CC(C)(C)C3)c1ccccc1.[CH3-].[CH3-].[CH3-].[CH3-].[CH3-].[Hf].c1cc[cH-]c1. The summed E-state index contributed by atoms with van der Waals surface area (Å²) in [5.74, 6) is 0.562. The maximum atomic E-state index is 2.48. The monoisotopic (exact) mass is 621 g/mol. The van der Waals surface area contributed by atoms with Crippen LogP contribution in [0.4, 0.5) is 0 Å². The molecule has 0 N–H and O–H groups in total. The Balaban J connectivity index is -0.000000786. The Morgan fingerprint density at radius 2 is 1.38 bits per heavy atom. The van der Waals surface area contributed by atoms with E-state index in [2.05, 4.69) is 75.4 Å². The average Bonchev–Trinajstić information content (AvgIpc) is 3.41. The van der Waals surface area contributed by atoms with Crippen molar-refractivity contribution in [2.45, 2.75) is 46.0 Å². The number of hydrogen-bond acceptors (Lipinski definition) is 0. The quantitative estimate of drug-likeness (QED) is 0.158. The van der Waals surface area contributed by atoms with Crippen LogP contribution in [0.3, 0.4) is 0 Å². The summed E-state index contributed by atoms with van der Waals surface area (Å²) in [6.07, 6.45) is 3.56.